The molecule has 0 fully saturated rings. The average Bonchev–Trinajstić information content (AvgIpc) is 2.84. The third-order valence-corrected chi connectivity index (χ3v) is 6.63. The van der Waals surface area contributed by atoms with Gasteiger partial charge < -0.3 is 20.3 Å². The molecule has 0 aliphatic heterocycles. The summed E-state index contributed by atoms with van der Waals surface area (Å²) in [5.41, 5.74) is 1.24. The third kappa shape index (κ3) is 11.4. The normalized spacial score (nSPS) is 13.9. The largest absolute Gasteiger partial charge is 0.444 e. The van der Waals surface area contributed by atoms with Crippen LogP contribution in [0.15, 0.2) is 24.3 Å². The van der Waals surface area contributed by atoms with Crippen LogP contribution in [0.4, 0.5) is 4.79 Å². The van der Waals surface area contributed by atoms with Crippen LogP contribution in [0.3, 0.4) is 0 Å². The molecule has 2 N–H and O–H groups in total. The Labute approximate surface area is 231 Å². The molecule has 0 aromatic heterocycles. The van der Waals surface area contributed by atoms with Crippen molar-refractivity contribution >= 4 is 17.9 Å². The van der Waals surface area contributed by atoms with Gasteiger partial charge in [0.2, 0.25) is 11.8 Å². The maximum atomic E-state index is 14.3. The first-order chi connectivity index (χ1) is 17.8. The molecule has 38 heavy (non-hydrogen) atoms. The molecular formula is C31H53N3O4. The van der Waals surface area contributed by atoms with E-state index in [0.29, 0.717) is 13.0 Å². The van der Waals surface area contributed by atoms with Crippen LogP contribution in [0.2, 0.25) is 0 Å². The number of amides is 3. The highest BCUT2D eigenvalue weighted by Gasteiger charge is 2.38. The lowest BCUT2D eigenvalue weighted by atomic mass is 9.95. The van der Waals surface area contributed by atoms with Gasteiger partial charge >= 0.3 is 6.09 Å². The Morgan fingerprint density at radius 3 is 2.00 bits per heavy atom. The second-order valence-electron chi connectivity index (χ2n) is 11.6. The van der Waals surface area contributed by atoms with Crippen molar-refractivity contribution in [3.63, 3.8) is 0 Å². The molecule has 0 radical (unpaired) electrons. The number of carbonyl (C=O) groups excluding carboxylic acids is 3. The van der Waals surface area contributed by atoms with Crippen molar-refractivity contribution in [3.8, 4) is 0 Å². The van der Waals surface area contributed by atoms with Crippen LogP contribution in [-0.4, -0.2) is 47.0 Å². The number of rotatable bonds is 15. The average molecular weight is 532 g/mol. The lowest BCUT2D eigenvalue weighted by molar-refractivity contribution is -0.143. The van der Waals surface area contributed by atoms with Crippen LogP contribution in [0.25, 0.3) is 0 Å². The number of benzene rings is 1. The molecule has 0 bridgehead atoms. The number of ether oxygens (including phenoxy) is 1. The second kappa shape index (κ2) is 16.4. The van der Waals surface area contributed by atoms with E-state index in [0.717, 1.165) is 44.1 Å². The first kappa shape index (κ1) is 33.5. The van der Waals surface area contributed by atoms with Gasteiger partial charge in [-0.25, -0.2) is 4.79 Å². The SMILES string of the molecule is CCCCCCCN(C(=O)C(NC(=O)OC(C)(C)C)C(C)CC)C(C(=O)NC(C)C)c1ccc(CC)cc1. The van der Waals surface area contributed by atoms with E-state index in [4.69, 9.17) is 4.74 Å². The monoisotopic (exact) mass is 531 g/mol. The minimum atomic E-state index is -0.810. The summed E-state index contributed by atoms with van der Waals surface area (Å²) >= 11 is 0. The van der Waals surface area contributed by atoms with E-state index in [-0.39, 0.29) is 23.8 Å². The molecule has 3 atom stereocenters. The number of aryl methyl sites for hydroxylation is 1. The van der Waals surface area contributed by atoms with E-state index < -0.39 is 23.8 Å². The van der Waals surface area contributed by atoms with E-state index in [2.05, 4.69) is 24.5 Å². The lowest BCUT2D eigenvalue weighted by Crippen LogP contribution is -2.55. The number of hydrogen-bond donors (Lipinski definition) is 2. The number of alkyl carbamates (subject to hydrolysis) is 1. The minimum Gasteiger partial charge on any atom is -0.444 e. The second-order valence-corrected chi connectivity index (χ2v) is 11.6. The van der Waals surface area contributed by atoms with Crippen LogP contribution in [0.5, 0.6) is 0 Å². The van der Waals surface area contributed by atoms with Crippen LogP contribution in [0, 0.1) is 5.92 Å². The molecule has 216 valence electrons. The molecule has 7 nitrogen and oxygen atoms in total. The number of unbranched alkanes of at least 4 members (excludes halogenated alkanes) is 4. The van der Waals surface area contributed by atoms with Gasteiger partial charge in [-0.05, 0) is 64.5 Å². The van der Waals surface area contributed by atoms with Crippen LogP contribution >= 0.6 is 0 Å². The number of carbonyl (C=O) groups is 3. The van der Waals surface area contributed by atoms with Crippen molar-refractivity contribution in [2.24, 2.45) is 5.92 Å². The fourth-order valence-corrected chi connectivity index (χ4v) is 4.32. The molecule has 0 saturated carbocycles. The van der Waals surface area contributed by atoms with Gasteiger partial charge in [0, 0.05) is 12.6 Å². The van der Waals surface area contributed by atoms with Gasteiger partial charge in [0.25, 0.3) is 0 Å². The van der Waals surface area contributed by atoms with Crippen molar-refractivity contribution < 1.29 is 19.1 Å². The van der Waals surface area contributed by atoms with Crippen molar-refractivity contribution in [1.29, 1.82) is 0 Å². The molecule has 0 aliphatic rings. The van der Waals surface area contributed by atoms with Crippen LogP contribution in [0.1, 0.15) is 118 Å². The molecule has 1 aromatic carbocycles. The Balaban J connectivity index is 3.49. The maximum absolute atomic E-state index is 14.3. The zero-order valence-electron chi connectivity index (χ0n) is 25.4. The van der Waals surface area contributed by atoms with Crippen molar-refractivity contribution in [3.05, 3.63) is 35.4 Å². The summed E-state index contributed by atoms with van der Waals surface area (Å²) in [6.45, 7) is 17.8. The highest BCUT2D eigenvalue weighted by atomic mass is 16.6. The van der Waals surface area contributed by atoms with E-state index >= 15 is 0 Å². The topological polar surface area (TPSA) is 87.7 Å². The Kier molecular flexibility index (Phi) is 14.4. The Morgan fingerprint density at radius 1 is 0.895 bits per heavy atom. The van der Waals surface area contributed by atoms with E-state index in [1.54, 1.807) is 25.7 Å². The first-order valence-corrected chi connectivity index (χ1v) is 14.5. The quantitative estimate of drug-likeness (QED) is 0.251. The van der Waals surface area contributed by atoms with Gasteiger partial charge in [0.15, 0.2) is 0 Å². The fraction of sp³-hybridized carbons (Fsp3) is 0.710. The van der Waals surface area contributed by atoms with E-state index in [1.807, 2.05) is 52.0 Å². The summed E-state index contributed by atoms with van der Waals surface area (Å²) in [6, 6.07) is 6.23. The molecule has 3 unspecified atom stereocenters. The summed E-state index contributed by atoms with van der Waals surface area (Å²) in [5, 5.41) is 5.86. The molecule has 0 spiro atoms. The number of nitrogens with one attached hydrogen (secondary N) is 2. The van der Waals surface area contributed by atoms with Gasteiger partial charge in [0.1, 0.15) is 17.7 Å². The summed E-state index contributed by atoms with van der Waals surface area (Å²) < 4.78 is 5.49. The van der Waals surface area contributed by atoms with Gasteiger partial charge in [-0.15, -0.1) is 0 Å². The Bertz CT molecular complexity index is 861. The van der Waals surface area contributed by atoms with Crippen LogP contribution < -0.4 is 10.6 Å². The standard InChI is InChI=1S/C31H53N3O4/c1-10-13-14-15-16-21-34(29(36)26(23(6)11-2)33-30(37)38-31(7,8)9)27(28(35)32-22(4)5)25-19-17-24(12-3)18-20-25/h17-20,22-23,26-27H,10-16,21H2,1-9H3,(H,32,35)(H,33,37). The number of nitrogens with zero attached hydrogens (tertiary/aromatic N) is 1. The molecule has 1 rings (SSSR count). The highest BCUT2D eigenvalue weighted by molar-refractivity contribution is 5.92. The fourth-order valence-electron chi connectivity index (χ4n) is 4.32. The zero-order chi connectivity index (χ0) is 28.9. The predicted molar refractivity (Wildman–Crippen MR) is 155 cm³/mol. The van der Waals surface area contributed by atoms with Crippen molar-refractivity contribution in [2.45, 2.75) is 131 Å². The molecule has 3 amide bonds. The smallest absolute Gasteiger partial charge is 0.408 e. The Morgan fingerprint density at radius 2 is 1.50 bits per heavy atom. The van der Waals surface area contributed by atoms with Gasteiger partial charge in [-0.1, -0.05) is 84.1 Å². The predicted octanol–water partition coefficient (Wildman–Crippen LogP) is 6.55. The molecule has 0 heterocycles. The lowest BCUT2D eigenvalue weighted by Gasteiger charge is -2.36. The van der Waals surface area contributed by atoms with E-state index in [9.17, 15) is 14.4 Å². The molecule has 0 aliphatic carbocycles. The van der Waals surface area contributed by atoms with Gasteiger partial charge in [-0.3, -0.25) is 9.59 Å². The maximum Gasteiger partial charge on any atom is 0.408 e. The third-order valence-electron chi connectivity index (χ3n) is 6.63. The molecule has 1 aromatic rings. The van der Waals surface area contributed by atoms with Gasteiger partial charge in [-0.2, -0.15) is 0 Å². The summed E-state index contributed by atoms with van der Waals surface area (Å²) in [4.78, 5) is 42.3. The first-order valence-electron chi connectivity index (χ1n) is 14.5. The van der Waals surface area contributed by atoms with Crippen molar-refractivity contribution in [2.75, 3.05) is 6.54 Å². The Hall–Kier alpha value is -2.57. The van der Waals surface area contributed by atoms with Crippen LogP contribution in [-0.2, 0) is 20.7 Å². The molecule has 0 saturated heterocycles. The van der Waals surface area contributed by atoms with E-state index in [1.165, 1.54) is 5.56 Å². The summed E-state index contributed by atoms with van der Waals surface area (Å²) in [7, 11) is 0. The molecule has 7 heteroatoms. The number of hydrogen-bond acceptors (Lipinski definition) is 4. The summed E-state index contributed by atoms with van der Waals surface area (Å²) in [5.74, 6) is -0.621. The van der Waals surface area contributed by atoms with Gasteiger partial charge in [0.05, 0.1) is 0 Å². The van der Waals surface area contributed by atoms with Crippen molar-refractivity contribution in [1.82, 2.24) is 15.5 Å². The molecular weight excluding hydrogens is 478 g/mol. The summed E-state index contributed by atoms with van der Waals surface area (Å²) in [6.07, 6.45) is 6.04. The zero-order valence-corrected chi connectivity index (χ0v) is 25.4. The minimum absolute atomic E-state index is 0.0772. The highest BCUT2D eigenvalue weighted by Crippen LogP contribution is 2.26.